The van der Waals surface area contributed by atoms with E-state index in [0.717, 1.165) is 0 Å². The molecular weight excluding hydrogens is 325 g/mol. The molecule has 0 aromatic heterocycles. The van der Waals surface area contributed by atoms with Gasteiger partial charge in [0.1, 0.15) is 17.3 Å². The summed E-state index contributed by atoms with van der Waals surface area (Å²) in [6, 6.07) is 11.8. The molecule has 5 heteroatoms. The highest BCUT2D eigenvalue weighted by Gasteiger charge is 2.01. The molecule has 0 bridgehead atoms. The van der Waals surface area contributed by atoms with Crippen molar-refractivity contribution in [3.05, 3.63) is 52.8 Å². The van der Waals surface area contributed by atoms with Crippen LogP contribution in [0.2, 0.25) is 0 Å². The van der Waals surface area contributed by atoms with Gasteiger partial charge in [0, 0.05) is 17.0 Å². The van der Waals surface area contributed by atoms with Gasteiger partial charge in [0.15, 0.2) is 0 Å². The van der Waals surface area contributed by atoms with Crippen LogP contribution < -0.4 is 15.2 Å². The molecule has 3 nitrogen and oxygen atoms in total. The van der Waals surface area contributed by atoms with E-state index >= 15 is 0 Å². The molecule has 2 rings (SSSR count). The molecule has 20 heavy (non-hydrogen) atoms. The fraction of sp³-hybridized carbons (Fsp3) is 0.200. The minimum Gasteiger partial charge on any atom is -0.493 e. The monoisotopic (exact) mass is 339 g/mol. The summed E-state index contributed by atoms with van der Waals surface area (Å²) < 4.78 is 24.8. The minimum absolute atomic E-state index is 0.331. The van der Waals surface area contributed by atoms with E-state index in [4.69, 9.17) is 15.2 Å². The molecular formula is C15H15BrFNO2. The van der Waals surface area contributed by atoms with Gasteiger partial charge in [-0.1, -0.05) is 28.1 Å². The first-order valence-electron chi connectivity index (χ1n) is 6.21. The highest BCUT2D eigenvalue weighted by atomic mass is 79.9. The Bertz CT molecular complexity index is 557. The van der Waals surface area contributed by atoms with Crippen LogP contribution in [0.4, 0.5) is 10.1 Å². The predicted octanol–water partition coefficient (Wildman–Crippen LogP) is 4.02. The molecule has 0 aliphatic carbocycles. The number of nitrogen functional groups attached to an aromatic ring is 1. The molecule has 106 valence electrons. The van der Waals surface area contributed by atoms with E-state index in [1.807, 2.05) is 18.2 Å². The topological polar surface area (TPSA) is 44.5 Å². The van der Waals surface area contributed by atoms with Crippen LogP contribution in [-0.4, -0.2) is 13.2 Å². The average molecular weight is 340 g/mol. The van der Waals surface area contributed by atoms with Gasteiger partial charge >= 0.3 is 0 Å². The van der Waals surface area contributed by atoms with E-state index in [-0.39, 0.29) is 5.82 Å². The number of hydrogen-bond donors (Lipinski definition) is 1. The van der Waals surface area contributed by atoms with Crippen LogP contribution >= 0.6 is 15.9 Å². The number of hydrogen-bond acceptors (Lipinski definition) is 3. The van der Waals surface area contributed by atoms with Crippen molar-refractivity contribution in [3.8, 4) is 11.5 Å². The van der Waals surface area contributed by atoms with Crippen LogP contribution in [0.3, 0.4) is 0 Å². The van der Waals surface area contributed by atoms with Gasteiger partial charge in [-0.25, -0.2) is 4.39 Å². The lowest BCUT2D eigenvalue weighted by Gasteiger charge is -2.09. The molecule has 0 aliphatic heterocycles. The normalized spacial score (nSPS) is 10.3. The third-order valence-corrected chi connectivity index (χ3v) is 3.03. The molecule has 2 aromatic carbocycles. The molecule has 0 radical (unpaired) electrons. The fourth-order valence-corrected chi connectivity index (χ4v) is 2.10. The zero-order valence-electron chi connectivity index (χ0n) is 10.8. The number of para-hydroxylation sites is 2. The van der Waals surface area contributed by atoms with Crippen molar-refractivity contribution >= 4 is 21.6 Å². The Morgan fingerprint density at radius 3 is 2.55 bits per heavy atom. The molecule has 0 unspecified atom stereocenters. The predicted molar refractivity (Wildman–Crippen MR) is 80.6 cm³/mol. The third kappa shape index (κ3) is 4.42. The Labute approximate surface area is 125 Å². The summed E-state index contributed by atoms with van der Waals surface area (Å²) >= 11 is 3.22. The van der Waals surface area contributed by atoms with Crippen molar-refractivity contribution in [2.45, 2.75) is 6.42 Å². The molecule has 2 N–H and O–H groups in total. The number of rotatable bonds is 6. The highest BCUT2D eigenvalue weighted by Crippen LogP contribution is 2.21. The zero-order chi connectivity index (χ0) is 14.4. The number of halogens is 2. The summed E-state index contributed by atoms with van der Waals surface area (Å²) in [6.07, 6.45) is 0.683. The van der Waals surface area contributed by atoms with E-state index in [0.29, 0.717) is 41.3 Å². The largest absolute Gasteiger partial charge is 0.493 e. The van der Waals surface area contributed by atoms with Gasteiger partial charge in [-0.15, -0.1) is 0 Å². The summed E-state index contributed by atoms with van der Waals surface area (Å²) in [7, 11) is 0. The number of anilines is 1. The number of benzene rings is 2. The molecule has 0 atom stereocenters. The van der Waals surface area contributed by atoms with Gasteiger partial charge in [-0.3, -0.25) is 0 Å². The van der Waals surface area contributed by atoms with Crippen molar-refractivity contribution in [2.75, 3.05) is 18.9 Å². The zero-order valence-corrected chi connectivity index (χ0v) is 12.4. The molecule has 0 saturated carbocycles. The van der Waals surface area contributed by atoms with Crippen molar-refractivity contribution < 1.29 is 13.9 Å². The molecule has 0 heterocycles. The van der Waals surface area contributed by atoms with Crippen LogP contribution in [-0.2, 0) is 0 Å². The molecule has 0 amide bonds. The molecule has 0 fully saturated rings. The first-order chi connectivity index (χ1) is 9.65. The quantitative estimate of drug-likeness (QED) is 0.638. The van der Waals surface area contributed by atoms with Crippen LogP contribution in [0, 0.1) is 5.82 Å². The maximum Gasteiger partial charge on any atom is 0.142 e. The maximum atomic E-state index is 13.1. The Morgan fingerprint density at radius 2 is 1.80 bits per heavy atom. The van der Waals surface area contributed by atoms with Crippen LogP contribution in [0.1, 0.15) is 6.42 Å². The second-order valence-electron chi connectivity index (χ2n) is 4.19. The number of ether oxygens (including phenoxy) is 2. The van der Waals surface area contributed by atoms with Crippen LogP contribution in [0.5, 0.6) is 11.5 Å². The average Bonchev–Trinajstić information content (AvgIpc) is 2.39. The smallest absolute Gasteiger partial charge is 0.142 e. The lowest BCUT2D eigenvalue weighted by Crippen LogP contribution is -2.06. The molecule has 0 spiro atoms. The lowest BCUT2D eigenvalue weighted by molar-refractivity contribution is 0.247. The molecule has 2 aromatic rings. The summed E-state index contributed by atoms with van der Waals surface area (Å²) in [5.41, 5.74) is 6.37. The minimum atomic E-state index is -0.331. The molecule has 0 saturated heterocycles. The van der Waals surface area contributed by atoms with Gasteiger partial charge in [0.2, 0.25) is 0 Å². The van der Waals surface area contributed by atoms with Crippen LogP contribution in [0.15, 0.2) is 46.9 Å². The first-order valence-corrected chi connectivity index (χ1v) is 7.00. The summed E-state index contributed by atoms with van der Waals surface area (Å²) in [5, 5.41) is 0. The third-order valence-electron chi connectivity index (χ3n) is 2.57. The Hall–Kier alpha value is -1.75. The van der Waals surface area contributed by atoms with Gasteiger partial charge in [0.25, 0.3) is 0 Å². The van der Waals surface area contributed by atoms with E-state index in [1.54, 1.807) is 12.1 Å². The first kappa shape index (κ1) is 14.7. The van der Waals surface area contributed by atoms with Gasteiger partial charge < -0.3 is 15.2 Å². The van der Waals surface area contributed by atoms with Gasteiger partial charge in [0.05, 0.1) is 18.9 Å². The Balaban J connectivity index is 1.73. The van der Waals surface area contributed by atoms with Crippen molar-refractivity contribution in [1.29, 1.82) is 0 Å². The van der Waals surface area contributed by atoms with E-state index in [2.05, 4.69) is 15.9 Å². The van der Waals surface area contributed by atoms with Crippen LogP contribution in [0.25, 0.3) is 0 Å². The van der Waals surface area contributed by atoms with Crippen molar-refractivity contribution in [3.63, 3.8) is 0 Å². The van der Waals surface area contributed by atoms with Crippen molar-refractivity contribution in [1.82, 2.24) is 0 Å². The molecule has 0 aliphatic rings. The van der Waals surface area contributed by atoms with Crippen molar-refractivity contribution in [2.24, 2.45) is 0 Å². The standard InChI is InChI=1S/C15H15BrFNO2/c16-11-8-12(17)10-13(9-11)19-6-3-7-20-15-5-2-1-4-14(15)18/h1-2,4-5,8-10H,3,6-7,18H2. The maximum absolute atomic E-state index is 13.1. The summed E-state index contributed by atoms with van der Waals surface area (Å²) in [4.78, 5) is 0. The second-order valence-corrected chi connectivity index (χ2v) is 5.11. The van der Waals surface area contributed by atoms with E-state index < -0.39 is 0 Å². The van der Waals surface area contributed by atoms with E-state index in [1.165, 1.54) is 12.1 Å². The van der Waals surface area contributed by atoms with Gasteiger partial charge in [-0.2, -0.15) is 0 Å². The second kappa shape index (κ2) is 7.14. The number of nitrogens with two attached hydrogens (primary N) is 1. The highest BCUT2D eigenvalue weighted by molar-refractivity contribution is 9.10. The van der Waals surface area contributed by atoms with Gasteiger partial charge in [-0.05, 0) is 24.3 Å². The SMILES string of the molecule is Nc1ccccc1OCCCOc1cc(F)cc(Br)c1. The van der Waals surface area contributed by atoms with E-state index in [9.17, 15) is 4.39 Å². The Kier molecular flexibility index (Phi) is 5.24. The lowest BCUT2D eigenvalue weighted by atomic mass is 10.3. The summed E-state index contributed by atoms with van der Waals surface area (Å²) in [6.45, 7) is 0.938. The summed E-state index contributed by atoms with van der Waals surface area (Å²) in [5.74, 6) is 0.833. The Morgan fingerprint density at radius 1 is 1.05 bits per heavy atom. The fourth-order valence-electron chi connectivity index (χ4n) is 1.65.